The molecule has 0 radical (unpaired) electrons. The average molecular weight is 325 g/mol. The van der Waals surface area contributed by atoms with Gasteiger partial charge < -0.3 is 9.84 Å². The fourth-order valence-corrected chi connectivity index (χ4v) is 3.21. The summed E-state index contributed by atoms with van der Waals surface area (Å²) in [5, 5.41) is 10.1. The summed E-state index contributed by atoms with van der Waals surface area (Å²) in [4.78, 5) is 16.3. The Morgan fingerprint density at radius 2 is 1.83 bits per heavy atom. The number of hydrogen-bond donors (Lipinski definition) is 1. The molecule has 3 rings (SSSR count). The molecule has 0 unspecified atom stereocenters. The molecule has 0 aliphatic carbocycles. The first-order valence-corrected chi connectivity index (χ1v) is 7.90. The van der Waals surface area contributed by atoms with Gasteiger partial charge in [0.1, 0.15) is 15.6 Å². The van der Waals surface area contributed by atoms with Gasteiger partial charge in [-0.25, -0.2) is 9.78 Å². The van der Waals surface area contributed by atoms with Gasteiger partial charge in [0.25, 0.3) is 0 Å². The number of nitrogens with zero attached hydrogens (tertiary/aromatic N) is 1. The summed E-state index contributed by atoms with van der Waals surface area (Å²) < 4.78 is 5.14. The number of ether oxygens (including phenoxy) is 1. The largest absolute Gasteiger partial charge is 0.497 e. The molecule has 0 aliphatic heterocycles. The number of carboxylic acids is 1. The molecule has 23 heavy (non-hydrogen) atoms. The predicted octanol–water partition coefficient (Wildman–Crippen LogP) is 4.11. The lowest BCUT2D eigenvalue weighted by Crippen LogP contribution is -1.99. The molecular weight excluding hydrogens is 310 g/mol. The predicted molar refractivity (Wildman–Crippen MR) is 90.3 cm³/mol. The van der Waals surface area contributed by atoms with Crippen LogP contribution in [-0.4, -0.2) is 23.2 Å². The molecular formula is C18H15NO3S. The molecule has 2 aromatic carbocycles. The Morgan fingerprint density at radius 3 is 2.43 bits per heavy atom. The molecule has 0 amide bonds. The third-order valence-electron chi connectivity index (χ3n) is 3.44. The van der Waals surface area contributed by atoms with E-state index in [0.29, 0.717) is 22.0 Å². The number of benzene rings is 2. The summed E-state index contributed by atoms with van der Waals surface area (Å²) in [5.41, 5.74) is 2.53. The van der Waals surface area contributed by atoms with Crippen molar-refractivity contribution >= 4 is 17.3 Å². The minimum absolute atomic E-state index is 0.291. The summed E-state index contributed by atoms with van der Waals surface area (Å²) in [7, 11) is 1.61. The van der Waals surface area contributed by atoms with Crippen molar-refractivity contribution in [2.75, 3.05) is 7.11 Å². The van der Waals surface area contributed by atoms with Crippen LogP contribution in [0.4, 0.5) is 0 Å². The van der Waals surface area contributed by atoms with Crippen LogP contribution in [0.15, 0.2) is 54.6 Å². The van der Waals surface area contributed by atoms with Crippen molar-refractivity contribution in [3.05, 3.63) is 70.7 Å². The molecule has 0 aliphatic rings. The van der Waals surface area contributed by atoms with Crippen LogP contribution in [-0.2, 0) is 6.42 Å². The van der Waals surface area contributed by atoms with Gasteiger partial charge in [-0.3, -0.25) is 0 Å². The van der Waals surface area contributed by atoms with Crippen LogP contribution in [0.1, 0.15) is 20.9 Å². The molecule has 4 nitrogen and oxygen atoms in total. The second-order valence-electron chi connectivity index (χ2n) is 4.99. The summed E-state index contributed by atoms with van der Waals surface area (Å²) in [6, 6.07) is 17.2. The maximum Gasteiger partial charge on any atom is 0.347 e. The first kappa shape index (κ1) is 15.2. The van der Waals surface area contributed by atoms with Crippen molar-refractivity contribution in [3.8, 4) is 16.3 Å². The first-order valence-electron chi connectivity index (χ1n) is 7.08. The quantitative estimate of drug-likeness (QED) is 0.767. The van der Waals surface area contributed by atoms with Crippen LogP contribution >= 0.6 is 11.3 Å². The molecule has 0 saturated carbocycles. The SMILES string of the molecule is COc1ccc(-c2nc(Cc3ccccc3)c(C(=O)O)s2)cc1. The van der Waals surface area contributed by atoms with Crippen LogP contribution in [0.2, 0.25) is 0 Å². The monoisotopic (exact) mass is 325 g/mol. The smallest absolute Gasteiger partial charge is 0.347 e. The number of aromatic carboxylic acids is 1. The Hall–Kier alpha value is -2.66. The molecule has 0 spiro atoms. The molecule has 0 atom stereocenters. The van der Waals surface area contributed by atoms with E-state index in [1.54, 1.807) is 7.11 Å². The minimum Gasteiger partial charge on any atom is -0.497 e. The number of hydrogen-bond acceptors (Lipinski definition) is 4. The van der Waals surface area contributed by atoms with Gasteiger partial charge in [0.05, 0.1) is 12.8 Å². The highest BCUT2D eigenvalue weighted by Gasteiger charge is 2.18. The maximum atomic E-state index is 11.5. The topological polar surface area (TPSA) is 59.4 Å². The van der Waals surface area contributed by atoms with Crippen LogP contribution in [0.3, 0.4) is 0 Å². The Kier molecular flexibility index (Phi) is 4.39. The zero-order chi connectivity index (χ0) is 16.2. The van der Waals surface area contributed by atoms with Crippen molar-refractivity contribution in [3.63, 3.8) is 0 Å². The van der Waals surface area contributed by atoms with Crippen LogP contribution in [0, 0.1) is 0 Å². The van der Waals surface area contributed by atoms with Gasteiger partial charge in [0, 0.05) is 12.0 Å². The number of carbonyl (C=O) groups is 1. The van der Waals surface area contributed by atoms with Crippen LogP contribution < -0.4 is 4.74 Å². The van der Waals surface area contributed by atoms with Gasteiger partial charge in [-0.1, -0.05) is 30.3 Å². The summed E-state index contributed by atoms with van der Waals surface area (Å²) in [6.07, 6.45) is 0.509. The van der Waals surface area contributed by atoms with Gasteiger partial charge in [-0.05, 0) is 29.8 Å². The highest BCUT2D eigenvalue weighted by molar-refractivity contribution is 7.17. The zero-order valence-electron chi connectivity index (χ0n) is 12.5. The van der Waals surface area contributed by atoms with Crippen molar-refractivity contribution in [1.82, 2.24) is 4.98 Å². The first-order chi connectivity index (χ1) is 11.2. The van der Waals surface area contributed by atoms with Gasteiger partial charge in [0.2, 0.25) is 0 Å². The molecule has 116 valence electrons. The molecule has 3 aromatic rings. The third kappa shape index (κ3) is 3.40. The molecule has 5 heteroatoms. The number of thiazole rings is 1. The Morgan fingerprint density at radius 1 is 1.13 bits per heavy atom. The van der Waals surface area contributed by atoms with E-state index < -0.39 is 5.97 Å². The van der Waals surface area contributed by atoms with E-state index in [1.807, 2.05) is 54.6 Å². The summed E-state index contributed by atoms with van der Waals surface area (Å²) in [5.74, 6) is -0.179. The minimum atomic E-state index is -0.937. The number of rotatable bonds is 5. The normalized spacial score (nSPS) is 10.5. The van der Waals surface area contributed by atoms with Crippen LogP contribution in [0.5, 0.6) is 5.75 Å². The van der Waals surface area contributed by atoms with Gasteiger partial charge in [0.15, 0.2) is 0 Å². The lowest BCUT2D eigenvalue weighted by Gasteiger charge is -2.00. The lowest BCUT2D eigenvalue weighted by molar-refractivity contribution is 0.0701. The van der Waals surface area contributed by atoms with Gasteiger partial charge in [-0.15, -0.1) is 11.3 Å². The van der Waals surface area contributed by atoms with E-state index in [-0.39, 0.29) is 0 Å². The van der Waals surface area contributed by atoms with Gasteiger partial charge in [-0.2, -0.15) is 0 Å². The Balaban J connectivity index is 1.96. The third-order valence-corrected chi connectivity index (χ3v) is 4.58. The summed E-state index contributed by atoms with van der Waals surface area (Å²) in [6.45, 7) is 0. The molecule has 0 bridgehead atoms. The standard InChI is InChI=1S/C18H15NO3S/c1-22-14-9-7-13(8-10-14)17-19-15(16(23-17)18(20)21)11-12-5-3-2-4-6-12/h2-10H,11H2,1H3,(H,20,21). The highest BCUT2D eigenvalue weighted by Crippen LogP contribution is 2.30. The van der Waals surface area contributed by atoms with Crippen molar-refractivity contribution < 1.29 is 14.6 Å². The van der Waals surface area contributed by atoms with Crippen molar-refractivity contribution in [1.29, 1.82) is 0 Å². The van der Waals surface area contributed by atoms with Crippen molar-refractivity contribution in [2.24, 2.45) is 0 Å². The average Bonchev–Trinajstić information content (AvgIpc) is 3.00. The van der Waals surface area contributed by atoms with Crippen molar-refractivity contribution in [2.45, 2.75) is 6.42 Å². The van der Waals surface area contributed by atoms with Gasteiger partial charge >= 0.3 is 5.97 Å². The Bertz CT molecular complexity index is 810. The Labute approximate surface area is 138 Å². The second-order valence-corrected chi connectivity index (χ2v) is 5.99. The highest BCUT2D eigenvalue weighted by atomic mass is 32.1. The summed E-state index contributed by atoms with van der Waals surface area (Å²) >= 11 is 1.20. The van der Waals surface area contributed by atoms with E-state index in [9.17, 15) is 9.90 Å². The van der Waals surface area contributed by atoms with Crippen LogP contribution in [0.25, 0.3) is 10.6 Å². The van der Waals surface area contributed by atoms with E-state index in [2.05, 4.69) is 4.98 Å². The number of carboxylic acid groups (broad SMARTS) is 1. The number of aromatic nitrogens is 1. The zero-order valence-corrected chi connectivity index (χ0v) is 13.3. The van der Waals surface area contributed by atoms with E-state index in [4.69, 9.17) is 4.74 Å². The van der Waals surface area contributed by atoms with E-state index in [0.717, 1.165) is 16.9 Å². The maximum absolute atomic E-state index is 11.5. The molecule has 1 heterocycles. The lowest BCUT2D eigenvalue weighted by atomic mass is 10.1. The van der Waals surface area contributed by atoms with E-state index in [1.165, 1.54) is 11.3 Å². The fraction of sp³-hybridized carbons (Fsp3) is 0.111. The molecule has 0 saturated heterocycles. The number of methoxy groups -OCH3 is 1. The van der Waals surface area contributed by atoms with E-state index >= 15 is 0 Å². The fourth-order valence-electron chi connectivity index (χ4n) is 2.28. The second kappa shape index (κ2) is 6.62. The molecule has 0 fully saturated rings. The molecule has 1 N–H and O–H groups in total. The molecule has 1 aromatic heterocycles.